The molecule has 4 unspecified atom stereocenters. The molecule has 0 saturated heterocycles. The normalized spacial score (nSPS) is 26.3. The summed E-state index contributed by atoms with van der Waals surface area (Å²) in [5.41, 5.74) is 3.27. The number of hydrogen-bond donors (Lipinski definition) is 6. The first kappa shape index (κ1) is 28.0. The monoisotopic (exact) mass is 567 g/mol. The number of carbonyl (C=O) groups is 3. The van der Waals surface area contributed by atoms with Gasteiger partial charge < -0.3 is 31.5 Å². The van der Waals surface area contributed by atoms with Crippen LogP contribution in [0.15, 0.2) is 41.2 Å². The van der Waals surface area contributed by atoms with Crippen LogP contribution in [0.4, 0.5) is 0 Å². The number of nitrogens with two attached hydrogens (primary N) is 1. The number of primary amides is 1. The lowest BCUT2D eigenvalue weighted by Crippen LogP contribution is -2.65. The number of nitrogens with one attached hydrogen (secondary N) is 1. The summed E-state index contributed by atoms with van der Waals surface area (Å²) in [4.78, 5) is 42.8. The van der Waals surface area contributed by atoms with Crippen LogP contribution in [-0.4, -0.2) is 74.6 Å². The number of phenolic OH excluding ortho intramolecular Hbond substituents is 1. The molecule has 0 spiro atoms. The Morgan fingerprint density at radius 2 is 1.88 bits per heavy atom. The Bertz CT molecular complexity index is 1500. The zero-order valence-electron chi connectivity index (χ0n) is 22.7. The molecule has 40 heavy (non-hydrogen) atoms. The highest BCUT2D eigenvalue weighted by Gasteiger charge is 2.64. The minimum Gasteiger partial charge on any atom is -0.508 e. The molecule has 3 aliphatic rings. The molecule has 1 heterocycles. The number of rotatable bonds is 6. The van der Waals surface area contributed by atoms with Crippen LogP contribution >= 0.6 is 11.3 Å². The fraction of sp³-hybridized carbons (Fsp3) is 0.414. The van der Waals surface area contributed by atoms with E-state index in [9.17, 15) is 34.8 Å². The van der Waals surface area contributed by atoms with E-state index >= 15 is 0 Å². The number of amides is 1. The van der Waals surface area contributed by atoms with Crippen molar-refractivity contribution in [3.63, 3.8) is 0 Å². The van der Waals surface area contributed by atoms with Crippen molar-refractivity contribution in [2.75, 3.05) is 14.1 Å². The second-order valence-electron chi connectivity index (χ2n) is 11.2. The fourth-order valence-electron chi connectivity index (χ4n) is 6.40. The molecule has 1 aromatic heterocycles. The molecule has 2 aromatic rings. The number of phenols is 1. The number of aliphatic hydroxyl groups excluding tert-OH is 2. The zero-order chi connectivity index (χ0) is 29.3. The lowest BCUT2D eigenvalue weighted by Gasteiger charge is -2.50. The van der Waals surface area contributed by atoms with E-state index in [0.717, 1.165) is 15.3 Å². The van der Waals surface area contributed by atoms with Crippen LogP contribution < -0.4 is 11.1 Å². The first-order valence-corrected chi connectivity index (χ1v) is 13.9. The third kappa shape index (κ3) is 4.07. The molecule has 5 rings (SSSR count). The average Bonchev–Trinajstić information content (AvgIpc) is 3.33. The molecule has 10 nitrogen and oxygen atoms in total. The molecule has 0 radical (unpaired) electrons. The summed E-state index contributed by atoms with van der Waals surface area (Å²) < 4.78 is 0. The van der Waals surface area contributed by atoms with Crippen molar-refractivity contribution in [3.8, 4) is 16.2 Å². The number of hydrogen-bond acceptors (Lipinski definition) is 10. The maximum atomic E-state index is 14.0. The van der Waals surface area contributed by atoms with Gasteiger partial charge in [0.1, 0.15) is 22.8 Å². The highest BCUT2D eigenvalue weighted by molar-refractivity contribution is 7.15. The van der Waals surface area contributed by atoms with Gasteiger partial charge in [-0.2, -0.15) is 0 Å². The van der Waals surface area contributed by atoms with Crippen molar-refractivity contribution in [2.45, 2.75) is 50.9 Å². The maximum absolute atomic E-state index is 14.0. The van der Waals surface area contributed by atoms with E-state index in [2.05, 4.69) is 19.2 Å². The Hall–Kier alpha value is -3.51. The maximum Gasteiger partial charge on any atom is 0.255 e. The number of thiophene rings is 1. The molecule has 1 saturated carbocycles. The Kier molecular flexibility index (Phi) is 6.90. The van der Waals surface area contributed by atoms with E-state index < -0.39 is 58.0 Å². The van der Waals surface area contributed by atoms with Crippen molar-refractivity contribution in [3.05, 3.63) is 57.2 Å². The molecular formula is C29H33N3O7S. The Balaban J connectivity index is 1.66. The summed E-state index contributed by atoms with van der Waals surface area (Å²) in [6.07, 6.45) is 0.296. The number of carbonyl (C=O) groups excluding carboxylic acids is 3. The number of ketones is 2. The van der Waals surface area contributed by atoms with Gasteiger partial charge in [0.05, 0.1) is 11.6 Å². The summed E-state index contributed by atoms with van der Waals surface area (Å²) in [5.74, 6) is -6.60. The topological polar surface area (TPSA) is 173 Å². The fourth-order valence-corrected chi connectivity index (χ4v) is 7.41. The number of benzene rings is 1. The van der Waals surface area contributed by atoms with E-state index in [1.807, 2.05) is 12.1 Å². The van der Waals surface area contributed by atoms with Crippen LogP contribution in [0.2, 0.25) is 0 Å². The smallest absolute Gasteiger partial charge is 0.255 e. The van der Waals surface area contributed by atoms with Crippen molar-refractivity contribution >= 4 is 34.6 Å². The largest absolute Gasteiger partial charge is 0.508 e. The van der Waals surface area contributed by atoms with Crippen molar-refractivity contribution in [2.24, 2.45) is 17.6 Å². The van der Waals surface area contributed by atoms with Gasteiger partial charge in [0.2, 0.25) is 5.78 Å². The van der Waals surface area contributed by atoms with Gasteiger partial charge >= 0.3 is 0 Å². The van der Waals surface area contributed by atoms with Crippen molar-refractivity contribution < 1.29 is 34.8 Å². The molecule has 212 valence electrons. The molecule has 1 amide bonds. The van der Waals surface area contributed by atoms with Gasteiger partial charge in [0.25, 0.3) is 5.91 Å². The summed E-state index contributed by atoms with van der Waals surface area (Å²) in [5, 5.41) is 48.3. The number of aromatic hydroxyl groups is 1. The Morgan fingerprint density at radius 1 is 1.18 bits per heavy atom. The number of aliphatic hydroxyl groups is 3. The van der Waals surface area contributed by atoms with Crippen molar-refractivity contribution in [1.29, 1.82) is 0 Å². The molecule has 1 aromatic carbocycles. The predicted molar refractivity (Wildman–Crippen MR) is 150 cm³/mol. The number of nitrogens with zero attached hydrogens (tertiary/aromatic N) is 1. The minimum atomic E-state index is -2.65. The lowest BCUT2D eigenvalue weighted by atomic mass is 9.57. The van der Waals surface area contributed by atoms with Crippen LogP contribution in [0.1, 0.15) is 36.3 Å². The van der Waals surface area contributed by atoms with Gasteiger partial charge in [0.15, 0.2) is 11.4 Å². The second kappa shape index (κ2) is 9.84. The highest BCUT2D eigenvalue weighted by atomic mass is 32.1. The van der Waals surface area contributed by atoms with Gasteiger partial charge in [-0.3, -0.25) is 19.3 Å². The Morgan fingerprint density at radius 3 is 2.50 bits per heavy atom. The van der Waals surface area contributed by atoms with Crippen LogP contribution in [0.5, 0.6) is 5.75 Å². The quantitative estimate of drug-likeness (QED) is 0.286. The van der Waals surface area contributed by atoms with Crippen molar-refractivity contribution in [1.82, 2.24) is 10.2 Å². The average molecular weight is 568 g/mol. The van der Waals surface area contributed by atoms with Crippen LogP contribution in [0.3, 0.4) is 0 Å². The minimum absolute atomic E-state index is 0.0505. The van der Waals surface area contributed by atoms with E-state index in [4.69, 9.17) is 5.73 Å². The molecule has 0 aliphatic heterocycles. The van der Waals surface area contributed by atoms with Gasteiger partial charge in [-0.1, -0.05) is 13.8 Å². The third-order valence-electron chi connectivity index (χ3n) is 8.22. The van der Waals surface area contributed by atoms with Gasteiger partial charge in [-0.25, -0.2) is 0 Å². The van der Waals surface area contributed by atoms with E-state index in [0.29, 0.717) is 18.2 Å². The summed E-state index contributed by atoms with van der Waals surface area (Å²) in [7, 11) is 3.15. The van der Waals surface area contributed by atoms with E-state index in [-0.39, 0.29) is 29.7 Å². The molecule has 11 heteroatoms. The van der Waals surface area contributed by atoms with Gasteiger partial charge in [-0.15, -0.1) is 11.3 Å². The summed E-state index contributed by atoms with van der Waals surface area (Å²) in [6.45, 7) is 4.82. The lowest BCUT2D eigenvalue weighted by molar-refractivity contribution is -0.153. The van der Waals surface area contributed by atoms with Gasteiger partial charge in [-0.05, 0) is 68.2 Å². The standard InChI is InChI=1S/C29H33N3O7S/c1-12(2)31-11-14-5-8-19(40-14)15-6-7-18(33)21-16(15)9-13-10-17-23(32(3)4)25(35)22(28(30)38)27(37)29(17,39)26(36)20(13)24(21)34/h5-8,12-13,17,23,31,33-34,37,39H,9-11H2,1-4H3,(H2,30,38). The van der Waals surface area contributed by atoms with Crippen LogP contribution in [0, 0.1) is 11.8 Å². The first-order chi connectivity index (χ1) is 18.8. The molecular weight excluding hydrogens is 534 g/mol. The third-order valence-corrected chi connectivity index (χ3v) is 9.33. The number of likely N-dealkylation sites (N-methyl/N-ethyl adjacent to an activating group) is 1. The second-order valence-corrected chi connectivity index (χ2v) is 12.4. The SMILES string of the molecule is CC(C)NCc1ccc(-c2ccc(O)c3c2CC2CC4C(N(C)C)C(=O)C(C(N)=O)=C(O)C4(O)C(=O)C2=C3O)s1. The zero-order valence-corrected chi connectivity index (χ0v) is 23.5. The van der Waals surface area contributed by atoms with E-state index in [1.165, 1.54) is 11.0 Å². The van der Waals surface area contributed by atoms with Crippen LogP contribution in [0.25, 0.3) is 16.2 Å². The van der Waals surface area contributed by atoms with Gasteiger partial charge in [0, 0.05) is 33.8 Å². The molecule has 3 aliphatic carbocycles. The highest BCUT2D eigenvalue weighted by Crippen LogP contribution is 2.53. The summed E-state index contributed by atoms with van der Waals surface area (Å²) >= 11 is 1.58. The molecule has 4 atom stereocenters. The molecule has 1 fully saturated rings. The molecule has 7 N–H and O–H groups in total. The predicted octanol–water partition coefficient (Wildman–Crippen LogP) is 2.19. The summed E-state index contributed by atoms with van der Waals surface area (Å²) in [6, 6.07) is 6.43. The van der Waals surface area contributed by atoms with Crippen LogP contribution in [-0.2, 0) is 27.3 Å². The molecule has 0 bridgehead atoms. The number of fused-ring (bicyclic) bond motifs is 3. The Labute approximate surface area is 235 Å². The van der Waals surface area contributed by atoms with E-state index in [1.54, 1.807) is 31.5 Å². The first-order valence-electron chi connectivity index (χ1n) is 13.1. The number of Topliss-reactive ketones (excluding diaryl/α,β-unsaturated/α-hetero) is 2.